The summed E-state index contributed by atoms with van der Waals surface area (Å²) in [5.74, 6) is 0.0785. The number of carbonyl (C=O) groups is 1. The maximum Gasteiger partial charge on any atom is 0.254 e. The van der Waals surface area contributed by atoms with Crippen LogP contribution < -0.4 is 10.9 Å². The summed E-state index contributed by atoms with van der Waals surface area (Å²) < 4.78 is 0. The first kappa shape index (κ1) is 15.9. The van der Waals surface area contributed by atoms with Gasteiger partial charge in [-0.1, -0.05) is 48.2 Å². The van der Waals surface area contributed by atoms with Crippen molar-refractivity contribution in [3.63, 3.8) is 0 Å². The Morgan fingerprint density at radius 1 is 1.16 bits per heavy atom. The number of amides is 1. The molecule has 0 saturated carbocycles. The van der Waals surface area contributed by atoms with E-state index in [4.69, 9.17) is 0 Å². The van der Waals surface area contributed by atoms with Crippen LogP contribution in [0.15, 0.2) is 52.4 Å². The number of aromatic nitrogens is 2. The minimum absolute atomic E-state index is 0.0699. The van der Waals surface area contributed by atoms with Gasteiger partial charge < -0.3 is 10.3 Å². The number of nitrogens with one attached hydrogen (secondary N) is 2. The lowest BCUT2D eigenvalue weighted by Crippen LogP contribution is -2.17. The quantitative estimate of drug-likeness (QED) is 0.559. The first-order chi connectivity index (χ1) is 12.2. The number of rotatable bonds is 4. The van der Waals surface area contributed by atoms with Gasteiger partial charge in [0.25, 0.3) is 5.56 Å². The van der Waals surface area contributed by atoms with Crippen LogP contribution in [0.25, 0.3) is 10.8 Å². The molecule has 1 aliphatic carbocycles. The Morgan fingerprint density at radius 3 is 2.92 bits per heavy atom. The van der Waals surface area contributed by atoms with Crippen LogP contribution in [-0.2, 0) is 17.6 Å². The molecule has 0 unspecified atom stereocenters. The summed E-state index contributed by atoms with van der Waals surface area (Å²) >= 11 is 1.25. The molecule has 1 amide bonds. The van der Waals surface area contributed by atoms with Gasteiger partial charge in [0, 0.05) is 16.6 Å². The summed E-state index contributed by atoms with van der Waals surface area (Å²) in [6, 6.07) is 13.7. The number of aromatic amines is 1. The van der Waals surface area contributed by atoms with Crippen molar-refractivity contribution in [1.82, 2.24) is 9.97 Å². The molecular weight excluding hydrogens is 334 g/mol. The van der Waals surface area contributed by atoms with Gasteiger partial charge in [0.15, 0.2) is 5.16 Å². The summed E-state index contributed by atoms with van der Waals surface area (Å²) in [7, 11) is 0. The highest BCUT2D eigenvalue weighted by Gasteiger charge is 2.17. The molecule has 2 aromatic carbocycles. The Kier molecular flexibility index (Phi) is 4.28. The smallest absolute Gasteiger partial charge is 0.254 e. The van der Waals surface area contributed by atoms with Crippen LogP contribution in [0.2, 0.25) is 0 Å². The van der Waals surface area contributed by atoms with Gasteiger partial charge in [0.05, 0.1) is 11.4 Å². The van der Waals surface area contributed by atoms with Gasteiger partial charge in [0.1, 0.15) is 0 Å². The van der Waals surface area contributed by atoms with E-state index in [1.165, 1.54) is 11.8 Å². The maximum atomic E-state index is 12.3. The van der Waals surface area contributed by atoms with E-state index in [2.05, 4.69) is 15.3 Å². The van der Waals surface area contributed by atoms with Crippen LogP contribution >= 0.6 is 11.8 Å². The minimum atomic E-state index is -0.121. The standard InChI is InChI=1S/C19H17N3O2S/c23-17(20-15-9-3-6-12-5-1-2-7-13(12)15)11-25-19-21-16-10-4-8-14(16)18(24)22-19/h1-3,5-7,9H,4,8,10-11H2,(H,20,23)(H,21,22,24). The fourth-order valence-corrected chi connectivity index (χ4v) is 3.82. The van der Waals surface area contributed by atoms with Crippen LogP contribution in [0.1, 0.15) is 17.7 Å². The van der Waals surface area contributed by atoms with Gasteiger partial charge in [-0.3, -0.25) is 9.59 Å². The molecule has 5 nitrogen and oxygen atoms in total. The van der Waals surface area contributed by atoms with Crippen molar-refractivity contribution in [2.75, 3.05) is 11.1 Å². The third kappa shape index (κ3) is 3.30. The molecule has 3 aromatic rings. The van der Waals surface area contributed by atoms with Gasteiger partial charge in [-0.05, 0) is 30.7 Å². The summed E-state index contributed by atoms with van der Waals surface area (Å²) in [5.41, 5.74) is 2.39. The monoisotopic (exact) mass is 351 g/mol. The van der Waals surface area contributed by atoms with Gasteiger partial charge in [-0.2, -0.15) is 0 Å². The molecule has 6 heteroatoms. The molecule has 1 aliphatic rings. The van der Waals surface area contributed by atoms with Crippen LogP contribution in [0.3, 0.4) is 0 Å². The average Bonchev–Trinajstić information content (AvgIpc) is 3.10. The molecule has 0 spiro atoms. The fourth-order valence-electron chi connectivity index (χ4n) is 3.14. The van der Waals surface area contributed by atoms with Crippen molar-refractivity contribution < 1.29 is 4.79 Å². The van der Waals surface area contributed by atoms with Crippen LogP contribution in [-0.4, -0.2) is 21.6 Å². The van der Waals surface area contributed by atoms with Crippen LogP contribution in [0, 0.1) is 0 Å². The normalized spacial score (nSPS) is 13.0. The zero-order valence-electron chi connectivity index (χ0n) is 13.5. The van der Waals surface area contributed by atoms with Crippen LogP contribution in [0.4, 0.5) is 5.69 Å². The van der Waals surface area contributed by atoms with Crippen molar-refractivity contribution in [2.45, 2.75) is 24.4 Å². The lowest BCUT2D eigenvalue weighted by molar-refractivity contribution is -0.113. The van der Waals surface area contributed by atoms with E-state index >= 15 is 0 Å². The number of nitrogens with zero attached hydrogens (tertiary/aromatic N) is 1. The zero-order valence-corrected chi connectivity index (χ0v) is 14.4. The second-order valence-electron chi connectivity index (χ2n) is 6.01. The molecule has 126 valence electrons. The van der Waals surface area contributed by atoms with Gasteiger partial charge in [0.2, 0.25) is 5.91 Å². The molecule has 0 fully saturated rings. The van der Waals surface area contributed by atoms with Crippen molar-refractivity contribution in [2.24, 2.45) is 0 Å². The molecule has 4 rings (SSSR count). The zero-order chi connectivity index (χ0) is 17.2. The highest BCUT2D eigenvalue weighted by molar-refractivity contribution is 7.99. The van der Waals surface area contributed by atoms with Gasteiger partial charge in [-0.15, -0.1) is 0 Å². The molecule has 2 N–H and O–H groups in total. The third-order valence-corrected chi connectivity index (χ3v) is 5.20. The first-order valence-corrected chi connectivity index (χ1v) is 9.22. The van der Waals surface area contributed by atoms with E-state index in [9.17, 15) is 9.59 Å². The lowest BCUT2D eigenvalue weighted by atomic mass is 10.1. The van der Waals surface area contributed by atoms with Crippen LogP contribution in [0.5, 0.6) is 0 Å². The van der Waals surface area contributed by atoms with E-state index in [1.807, 2.05) is 42.5 Å². The Hall–Kier alpha value is -2.60. The number of H-pyrrole nitrogens is 1. The number of carbonyl (C=O) groups excluding carboxylic acids is 1. The lowest BCUT2D eigenvalue weighted by Gasteiger charge is -2.08. The van der Waals surface area contributed by atoms with E-state index in [0.29, 0.717) is 5.16 Å². The van der Waals surface area contributed by atoms with E-state index in [0.717, 1.165) is 47.0 Å². The number of hydrogen-bond donors (Lipinski definition) is 2. The van der Waals surface area contributed by atoms with E-state index < -0.39 is 0 Å². The fraction of sp³-hybridized carbons (Fsp3) is 0.211. The third-order valence-electron chi connectivity index (χ3n) is 4.32. The topological polar surface area (TPSA) is 74.8 Å². The summed E-state index contributed by atoms with van der Waals surface area (Å²) in [5, 5.41) is 5.54. The van der Waals surface area contributed by atoms with Crippen molar-refractivity contribution in [3.8, 4) is 0 Å². The Bertz CT molecular complexity index is 1010. The predicted molar refractivity (Wildman–Crippen MR) is 100 cm³/mol. The maximum absolute atomic E-state index is 12.3. The average molecular weight is 351 g/mol. The summed E-state index contributed by atoms with van der Waals surface area (Å²) in [6.45, 7) is 0. The first-order valence-electron chi connectivity index (χ1n) is 8.23. The largest absolute Gasteiger partial charge is 0.325 e. The Balaban J connectivity index is 1.46. The number of anilines is 1. The second-order valence-corrected chi connectivity index (χ2v) is 6.98. The van der Waals surface area contributed by atoms with E-state index in [1.54, 1.807) is 0 Å². The second kappa shape index (κ2) is 6.72. The highest BCUT2D eigenvalue weighted by Crippen LogP contribution is 2.24. The number of aryl methyl sites for hydroxylation is 1. The molecule has 0 bridgehead atoms. The number of hydrogen-bond acceptors (Lipinski definition) is 4. The van der Waals surface area contributed by atoms with Crippen molar-refractivity contribution in [3.05, 3.63) is 64.1 Å². The summed E-state index contributed by atoms with van der Waals surface area (Å²) in [4.78, 5) is 31.5. The predicted octanol–water partition coefficient (Wildman–Crippen LogP) is 3.14. The van der Waals surface area contributed by atoms with Gasteiger partial charge >= 0.3 is 0 Å². The van der Waals surface area contributed by atoms with Crippen molar-refractivity contribution in [1.29, 1.82) is 0 Å². The number of thioether (sulfide) groups is 1. The molecule has 0 saturated heterocycles. The molecule has 1 aromatic heterocycles. The minimum Gasteiger partial charge on any atom is -0.325 e. The van der Waals surface area contributed by atoms with E-state index in [-0.39, 0.29) is 17.2 Å². The molecule has 1 heterocycles. The molecule has 25 heavy (non-hydrogen) atoms. The SMILES string of the molecule is O=C(CSc1nc2c(c(=O)[nH]1)CCC2)Nc1cccc2ccccc12. The Labute approximate surface area is 148 Å². The Morgan fingerprint density at radius 2 is 2.00 bits per heavy atom. The van der Waals surface area contributed by atoms with Gasteiger partial charge in [-0.25, -0.2) is 4.98 Å². The summed E-state index contributed by atoms with van der Waals surface area (Å²) in [6.07, 6.45) is 2.61. The van der Waals surface area contributed by atoms with Crippen molar-refractivity contribution >= 4 is 34.1 Å². The molecular formula is C19H17N3O2S. The molecule has 0 radical (unpaired) electrons. The highest BCUT2D eigenvalue weighted by atomic mass is 32.2. The molecule has 0 aliphatic heterocycles. The number of benzene rings is 2. The number of fused-ring (bicyclic) bond motifs is 2. The molecule has 0 atom stereocenters.